The van der Waals surface area contributed by atoms with Gasteiger partial charge in [-0.2, -0.15) is 5.10 Å². The number of hydrazone groups is 1. The normalized spacial score (nSPS) is 15.6. The van der Waals surface area contributed by atoms with Crippen LogP contribution in [0.15, 0.2) is 116 Å². The molecule has 1 N–H and O–H groups in total. The predicted molar refractivity (Wildman–Crippen MR) is 153 cm³/mol. The summed E-state index contributed by atoms with van der Waals surface area (Å²) in [7, 11) is -3.77. The van der Waals surface area contributed by atoms with Gasteiger partial charge in [-0.1, -0.05) is 76.1 Å². The molecule has 1 aliphatic heterocycles. The third kappa shape index (κ3) is 5.22. The standard InChI is InChI=1S/C27H20Br2ClN3O2S/c28-19-12-15-23(29)27(16-19)36(34,35)32-20-13-10-18(11-14-20)25-17-26(22-8-4-5-9-24(22)30)33(31-25)21-6-2-1-3-7-21/h1-16,26,32H,17H2. The monoisotopic (exact) mass is 643 g/mol. The van der Waals surface area contributed by atoms with Crippen molar-refractivity contribution in [3.05, 3.63) is 122 Å². The van der Waals surface area contributed by atoms with Crippen molar-refractivity contribution in [2.45, 2.75) is 17.4 Å². The van der Waals surface area contributed by atoms with E-state index in [1.54, 1.807) is 30.3 Å². The minimum absolute atomic E-state index is 0.0526. The molecule has 0 radical (unpaired) electrons. The van der Waals surface area contributed by atoms with Crippen LogP contribution in [0.25, 0.3) is 0 Å². The van der Waals surface area contributed by atoms with Crippen molar-refractivity contribution in [3.8, 4) is 0 Å². The van der Waals surface area contributed by atoms with Crippen molar-refractivity contribution in [2.24, 2.45) is 5.10 Å². The lowest BCUT2D eigenvalue weighted by Gasteiger charge is -2.24. The first kappa shape index (κ1) is 25.0. The van der Waals surface area contributed by atoms with Crippen molar-refractivity contribution in [2.75, 3.05) is 9.73 Å². The van der Waals surface area contributed by atoms with E-state index < -0.39 is 10.0 Å². The molecule has 1 atom stereocenters. The first-order valence-corrected chi connectivity index (χ1v) is 14.5. The van der Waals surface area contributed by atoms with Gasteiger partial charge in [0.25, 0.3) is 10.0 Å². The molecule has 182 valence electrons. The Bertz CT molecular complexity index is 1550. The van der Waals surface area contributed by atoms with Crippen LogP contribution in [0, 0.1) is 0 Å². The zero-order valence-corrected chi connectivity index (χ0v) is 23.5. The third-order valence-corrected chi connectivity index (χ3v) is 9.06. The number of rotatable bonds is 6. The Labute approximate surface area is 232 Å². The lowest BCUT2D eigenvalue weighted by molar-refractivity contribution is 0.600. The molecule has 36 heavy (non-hydrogen) atoms. The summed E-state index contributed by atoms with van der Waals surface area (Å²) in [5.74, 6) is 0. The first-order valence-electron chi connectivity index (χ1n) is 11.1. The molecule has 5 nitrogen and oxygen atoms in total. The van der Waals surface area contributed by atoms with Crippen LogP contribution in [0.1, 0.15) is 23.6 Å². The third-order valence-electron chi connectivity index (χ3n) is 5.85. The van der Waals surface area contributed by atoms with Gasteiger partial charge in [0.05, 0.1) is 17.4 Å². The van der Waals surface area contributed by atoms with Crippen LogP contribution in [0.5, 0.6) is 0 Å². The van der Waals surface area contributed by atoms with E-state index in [0.717, 1.165) is 22.5 Å². The van der Waals surface area contributed by atoms with Crippen LogP contribution in [0.3, 0.4) is 0 Å². The molecule has 0 spiro atoms. The highest BCUT2D eigenvalue weighted by Crippen LogP contribution is 2.39. The predicted octanol–water partition coefficient (Wildman–Crippen LogP) is 8.02. The van der Waals surface area contributed by atoms with Crippen LogP contribution >= 0.6 is 43.5 Å². The Hall–Kier alpha value is -2.65. The maximum absolute atomic E-state index is 12.9. The average Bonchev–Trinajstić information content (AvgIpc) is 3.32. The van der Waals surface area contributed by atoms with Gasteiger partial charge in [-0.25, -0.2) is 8.42 Å². The second kappa shape index (κ2) is 10.4. The summed E-state index contributed by atoms with van der Waals surface area (Å²) in [6, 6.07) is 30.0. The molecule has 0 bridgehead atoms. The number of sulfonamides is 1. The minimum Gasteiger partial charge on any atom is -0.280 e. The molecule has 0 saturated heterocycles. The van der Waals surface area contributed by atoms with E-state index in [1.165, 1.54) is 0 Å². The Morgan fingerprint density at radius 1 is 0.889 bits per heavy atom. The van der Waals surface area contributed by atoms with E-state index >= 15 is 0 Å². The van der Waals surface area contributed by atoms with E-state index in [9.17, 15) is 8.42 Å². The van der Waals surface area contributed by atoms with E-state index in [0.29, 0.717) is 26.1 Å². The SMILES string of the molecule is O=S(=O)(Nc1ccc(C2=NN(c3ccccc3)C(c3ccccc3Cl)C2)cc1)c1cc(Br)ccc1Br. The second-order valence-corrected chi connectivity index (χ2v) is 12.1. The van der Waals surface area contributed by atoms with Gasteiger partial charge >= 0.3 is 0 Å². The van der Waals surface area contributed by atoms with Crippen molar-refractivity contribution < 1.29 is 8.42 Å². The van der Waals surface area contributed by atoms with Gasteiger partial charge in [0, 0.05) is 26.1 Å². The van der Waals surface area contributed by atoms with Crippen molar-refractivity contribution in [1.29, 1.82) is 0 Å². The number of halogens is 3. The lowest BCUT2D eigenvalue weighted by atomic mass is 9.98. The highest BCUT2D eigenvalue weighted by atomic mass is 79.9. The highest BCUT2D eigenvalue weighted by molar-refractivity contribution is 9.11. The lowest BCUT2D eigenvalue weighted by Crippen LogP contribution is -2.18. The van der Waals surface area contributed by atoms with Gasteiger partial charge in [0.15, 0.2) is 0 Å². The number of hydrogen-bond acceptors (Lipinski definition) is 4. The van der Waals surface area contributed by atoms with Crippen molar-refractivity contribution in [1.82, 2.24) is 0 Å². The van der Waals surface area contributed by atoms with E-state index in [1.807, 2.05) is 71.7 Å². The summed E-state index contributed by atoms with van der Waals surface area (Å²) in [4.78, 5) is 0.155. The zero-order chi connectivity index (χ0) is 25.3. The van der Waals surface area contributed by atoms with Gasteiger partial charge in [-0.15, -0.1) is 0 Å². The Balaban J connectivity index is 1.42. The van der Waals surface area contributed by atoms with Gasteiger partial charge in [-0.3, -0.25) is 9.73 Å². The second-order valence-electron chi connectivity index (χ2n) is 8.23. The molecule has 1 aliphatic rings. The quantitative estimate of drug-likeness (QED) is 0.231. The number of nitrogens with zero attached hydrogens (tertiary/aromatic N) is 2. The molecule has 5 rings (SSSR count). The summed E-state index contributed by atoms with van der Waals surface area (Å²) in [6.45, 7) is 0. The van der Waals surface area contributed by atoms with Crippen molar-refractivity contribution in [3.63, 3.8) is 0 Å². The fourth-order valence-electron chi connectivity index (χ4n) is 4.12. The number of anilines is 2. The summed E-state index contributed by atoms with van der Waals surface area (Å²) in [6.07, 6.45) is 0.661. The summed E-state index contributed by atoms with van der Waals surface area (Å²) >= 11 is 13.2. The highest BCUT2D eigenvalue weighted by Gasteiger charge is 2.31. The van der Waals surface area contributed by atoms with Crippen LogP contribution in [0.4, 0.5) is 11.4 Å². The molecule has 0 saturated carbocycles. The molecule has 0 aliphatic carbocycles. The summed E-state index contributed by atoms with van der Waals surface area (Å²) in [5.41, 5.74) is 4.25. The topological polar surface area (TPSA) is 61.8 Å². The average molecular weight is 646 g/mol. The van der Waals surface area contributed by atoms with Crippen LogP contribution < -0.4 is 9.73 Å². The molecule has 1 unspecified atom stereocenters. The van der Waals surface area contributed by atoms with Gasteiger partial charge in [-0.05, 0) is 75.6 Å². The molecule has 0 fully saturated rings. The molecule has 9 heteroatoms. The molecule has 4 aromatic carbocycles. The van der Waals surface area contributed by atoms with Crippen LogP contribution in [-0.4, -0.2) is 14.1 Å². The number of hydrogen-bond donors (Lipinski definition) is 1. The minimum atomic E-state index is -3.77. The summed E-state index contributed by atoms with van der Waals surface area (Å²) in [5, 5.41) is 7.64. The fourth-order valence-corrected chi connectivity index (χ4v) is 6.94. The fraction of sp³-hybridized carbons (Fsp3) is 0.0741. The van der Waals surface area contributed by atoms with Gasteiger partial charge in [0.2, 0.25) is 0 Å². The molecular formula is C27H20Br2ClN3O2S. The molecule has 1 heterocycles. The Morgan fingerprint density at radius 2 is 1.58 bits per heavy atom. The van der Waals surface area contributed by atoms with Crippen molar-refractivity contribution >= 4 is 70.6 Å². The Kier molecular flexibility index (Phi) is 7.21. The number of nitrogens with one attached hydrogen (secondary N) is 1. The largest absolute Gasteiger partial charge is 0.280 e. The molecule has 0 amide bonds. The smallest absolute Gasteiger partial charge is 0.263 e. The summed E-state index contributed by atoms with van der Waals surface area (Å²) < 4.78 is 29.7. The molecule has 4 aromatic rings. The maximum Gasteiger partial charge on any atom is 0.263 e. The first-order chi connectivity index (χ1) is 17.3. The number of benzene rings is 4. The van der Waals surface area contributed by atoms with Gasteiger partial charge in [0.1, 0.15) is 4.90 Å². The van der Waals surface area contributed by atoms with Gasteiger partial charge < -0.3 is 0 Å². The van der Waals surface area contributed by atoms with E-state index in [4.69, 9.17) is 16.7 Å². The van der Waals surface area contributed by atoms with Crippen LogP contribution in [0.2, 0.25) is 5.02 Å². The molecular weight excluding hydrogens is 626 g/mol. The van der Waals surface area contributed by atoms with E-state index in [-0.39, 0.29) is 10.9 Å². The van der Waals surface area contributed by atoms with E-state index in [2.05, 4.69) is 36.6 Å². The Morgan fingerprint density at radius 3 is 2.31 bits per heavy atom. The van der Waals surface area contributed by atoms with Crippen LogP contribution in [-0.2, 0) is 10.0 Å². The number of para-hydroxylation sites is 1. The molecule has 0 aromatic heterocycles. The maximum atomic E-state index is 12.9. The zero-order valence-electron chi connectivity index (χ0n) is 18.8.